The molecule has 0 radical (unpaired) electrons. The average Bonchev–Trinajstić information content (AvgIpc) is 2.78. The van der Waals surface area contributed by atoms with Gasteiger partial charge in [-0.1, -0.05) is 44.2 Å². The molecule has 1 aliphatic carbocycles. The summed E-state index contributed by atoms with van der Waals surface area (Å²) < 4.78 is 53.1. The zero-order valence-electron chi connectivity index (χ0n) is 20.9. The second-order valence-corrected chi connectivity index (χ2v) is 13.8. The van der Waals surface area contributed by atoms with Crippen LogP contribution in [-0.4, -0.2) is 70.2 Å². The van der Waals surface area contributed by atoms with E-state index in [4.69, 9.17) is 0 Å². The van der Waals surface area contributed by atoms with Crippen LogP contribution in [0.3, 0.4) is 0 Å². The predicted molar refractivity (Wildman–Crippen MR) is 140 cm³/mol. The standard InChI is InChI=1S/C25H39N3O4S2/c1-21(2)18-28(34(31,32)20-23-8-6-5-7-9-23)19-22-10-12-24(13-11-22)26(3)25-14-16-27(17-15-25)33(4,29)30/h6,8-13,21,25H,5,7,14-20H2,1-4H3. The molecule has 9 heteroatoms. The van der Waals surface area contributed by atoms with Gasteiger partial charge in [-0.3, -0.25) is 0 Å². The first-order valence-electron chi connectivity index (χ1n) is 12.1. The Hall–Kier alpha value is -1.68. The largest absolute Gasteiger partial charge is 0.372 e. The number of nitrogens with zero attached hydrogens (tertiary/aromatic N) is 3. The predicted octanol–water partition coefficient (Wildman–Crippen LogP) is 3.61. The van der Waals surface area contributed by atoms with Crippen molar-refractivity contribution in [2.24, 2.45) is 5.92 Å². The fourth-order valence-electron chi connectivity index (χ4n) is 4.57. The number of allylic oxidation sites excluding steroid dienone is 3. The van der Waals surface area contributed by atoms with Gasteiger partial charge in [-0.05, 0) is 54.9 Å². The number of hydrogen-bond donors (Lipinski definition) is 0. The van der Waals surface area contributed by atoms with Gasteiger partial charge in [0.05, 0.1) is 12.0 Å². The summed E-state index contributed by atoms with van der Waals surface area (Å²) in [5.74, 6) is 0.275. The molecule has 0 aromatic heterocycles. The van der Waals surface area contributed by atoms with E-state index in [0.29, 0.717) is 26.2 Å². The molecular weight excluding hydrogens is 470 g/mol. The monoisotopic (exact) mass is 509 g/mol. The van der Waals surface area contributed by atoms with Gasteiger partial charge >= 0.3 is 0 Å². The van der Waals surface area contributed by atoms with Crippen molar-refractivity contribution in [2.75, 3.05) is 43.6 Å². The molecule has 3 rings (SSSR count). The molecule has 1 heterocycles. The number of anilines is 1. The molecule has 1 aliphatic heterocycles. The highest BCUT2D eigenvalue weighted by Crippen LogP contribution is 2.25. The topological polar surface area (TPSA) is 78.0 Å². The van der Waals surface area contributed by atoms with Crippen LogP contribution in [0.1, 0.15) is 45.1 Å². The Bertz CT molecular complexity index is 1090. The van der Waals surface area contributed by atoms with E-state index in [1.807, 2.05) is 63.4 Å². The van der Waals surface area contributed by atoms with Crippen molar-refractivity contribution < 1.29 is 16.8 Å². The highest BCUT2D eigenvalue weighted by atomic mass is 32.2. The molecule has 1 saturated heterocycles. The van der Waals surface area contributed by atoms with Crippen LogP contribution in [0.5, 0.6) is 0 Å². The summed E-state index contributed by atoms with van der Waals surface area (Å²) in [4.78, 5) is 2.20. The fourth-order valence-corrected chi connectivity index (χ4v) is 7.14. The van der Waals surface area contributed by atoms with Crippen LogP contribution in [-0.2, 0) is 26.6 Å². The summed E-state index contributed by atoms with van der Waals surface area (Å²) in [6.07, 6.45) is 10.7. The Labute approximate surface area is 206 Å². The van der Waals surface area contributed by atoms with Gasteiger partial charge < -0.3 is 4.90 Å². The molecule has 1 fully saturated rings. The van der Waals surface area contributed by atoms with Gasteiger partial charge in [0.25, 0.3) is 0 Å². The molecule has 0 spiro atoms. The SMILES string of the molecule is CC(C)CN(Cc1ccc(N(C)C2CCN(S(C)(=O)=O)CC2)cc1)S(=O)(=O)CC1=CCCC=C1. The molecule has 0 bridgehead atoms. The quantitative estimate of drug-likeness (QED) is 0.482. The van der Waals surface area contributed by atoms with Crippen LogP contribution < -0.4 is 4.90 Å². The van der Waals surface area contributed by atoms with Crippen LogP contribution in [0.25, 0.3) is 0 Å². The number of hydrogen-bond acceptors (Lipinski definition) is 5. The number of sulfonamides is 2. The summed E-state index contributed by atoms with van der Waals surface area (Å²) in [5, 5.41) is 0. The minimum absolute atomic E-state index is 0.0449. The van der Waals surface area contributed by atoms with Crippen molar-refractivity contribution in [1.29, 1.82) is 0 Å². The molecule has 1 aromatic rings. The fraction of sp³-hybridized carbons (Fsp3) is 0.600. The normalized spacial score (nSPS) is 18.5. The number of benzene rings is 1. The minimum Gasteiger partial charge on any atom is -0.372 e. The van der Waals surface area contributed by atoms with Gasteiger partial charge in [0.1, 0.15) is 0 Å². The van der Waals surface area contributed by atoms with Crippen molar-refractivity contribution in [3.8, 4) is 0 Å². The lowest BCUT2D eigenvalue weighted by molar-refractivity contribution is 0.316. The van der Waals surface area contributed by atoms with Gasteiger partial charge in [-0.25, -0.2) is 21.1 Å². The van der Waals surface area contributed by atoms with Crippen molar-refractivity contribution >= 4 is 25.7 Å². The third-order valence-corrected chi connectivity index (χ3v) is 9.59. The first-order valence-corrected chi connectivity index (χ1v) is 15.5. The van der Waals surface area contributed by atoms with Crippen molar-refractivity contribution in [3.63, 3.8) is 0 Å². The van der Waals surface area contributed by atoms with E-state index in [-0.39, 0.29) is 17.7 Å². The highest BCUT2D eigenvalue weighted by Gasteiger charge is 2.28. The second kappa shape index (κ2) is 11.4. The Kier molecular flexibility index (Phi) is 9.00. The lowest BCUT2D eigenvalue weighted by Crippen LogP contribution is -2.45. The second-order valence-electron chi connectivity index (χ2n) is 9.87. The number of rotatable bonds is 10. The Balaban J connectivity index is 1.66. The molecule has 0 amide bonds. The van der Waals surface area contributed by atoms with Crippen LogP contribution in [0, 0.1) is 5.92 Å². The molecule has 0 N–H and O–H groups in total. The molecule has 2 aliphatic rings. The van der Waals surface area contributed by atoms with E-state index < -0.39 is 20.0 Å². The van der Waals surface area contributed by atoms with Crippen LogP contribution in [0.2, 0.25) is 0 Å². The first-order chi connectivity index (χ1) is 16.0. The van der Waals surface area contributed by atoms with Crippen molar-refractivity contribution in [3.05, 3.63) is 53.6 Å². The molecule has 0 unspecified atom stereocenters. The average molecular weight is 510 g/mol. The maximum absolute atomic E-state index is 13.2. The molecule has 1 aromatic carbocycles. The summed E-state index contributed by atoms with van der Waals surface area (Å²) in [6.45, 7) is 6.00. The van der Waals surface area contributed by atoms with E-state index in [1.165, 1.54) is 6.26 Å². The third-order valence-electron chi connectivity index (χ3n) is 6.53. The van der Waals surface area contributed by atoms with Crippen LogP contribution in [0.15, 0.2) is 48.1 Å². The smallest absolute Gasteiger partial charge is 0.218 e. The van der Waals surface area contributed by atoms with E-state index in [1.54, 1.807) is 8.61 Å². The van der Waals surface area contributed by atoms with E-state index in [0.717, 1.165) is 42.5 Å². The summed E-state index contributed by atoms with van der Waals surface area (Å²) in [7, 11) is -4.52. The zero-order chi connectivity index (χ0) is 24.9. The van der Waals surface area contributed by atoms with Gasteiger partial charge in [-0.15, -0.1) is 0 Å². The van der Waals surface area contributed by atoms with Crippen molar-refractivity contribution in [2.45, 2.75) is 52.1 Å². The Morgan fingerprint density at radius 2 is 1.68 bits per heavy atom. The maximum Gasteiger partial charge on any atom is 0.218 e. The lowest BCUT2D eigenvalue weighted by atomic mass is 10.0. The Morgan fingerprint density at radius 3 is 2.21 bits per heavy atom. The van der Waals surface area contributed by atoms with Crippen molar-refractivity contribution in [1.82, 2.24) is 8.61 Å². The van der Waals surface area contributed by atoms with Crippen LogP contribution >= 0.6 is 0 Å². The van der Waals surface area contributed by atoms with Gasteiger partial charge in [-0.2, -0.15) is 4.31 Å². The molecule has 190 valence electrons. The minimum atomic E-state index is -3.43. The summed E-state index contributed by atoms with van der Waals surface area (Å²) in [5.41, 5.74) is 2.89. The van der Waals surface area contributed by atoms with Gasteiger partial charge in [0.2, 0.25) is 20.0 Å². The zero-order valence-corrected chi connectivity index (χ0v) is 22.5. The first kappa shape index (κ1) is 26.9. The Morgan fingerprint density at radius 1 is 1.03 bits per heavy atom. The van der Waals surface area contributed by atoms with E-state index in [9.17, 15) is 16.8 Å². The van der Waals surface area contributed by atoms with Gasteiger partial charge in [0, 0.05) is 45.0 Å². The lowest BCUT2D eigenvalue weighted by Gasteiger charge is -2.37. The number of piperidine rings is 1. The molecule has 7 nitrogen and oxygen atoms in total. The molecular formula is C25H39N3O4S2. The summed E-state index contributed by atoms with van der Waals surface area (Å²) in [6, 6.07) is 8.34. The third kappa shape index (κ3) is 7.41. The highest BCUT2D eigenvalue weighted by molar-refractivity contribution is 7.89. The molecule has 34 heavy (non-hydrogen) atoms. The summed E-state index contributed by atoms with van der Waals surface area (Å²) >= 11 is 0. The van der Waals surface area contributed by atoms with Gasteiger partial charge in [0.15, 0.2) is 0 Å². The van der Waals surface area contributed by atoms with E-state index >= 15 is 0 Å². The molecule has 0 saturated carbocycles. The molecule has 0 atom stereocenters. The van der Waals surface area contributed by atoms with Crippen LogP contribution in [0.4, 0.5) is 5.69 Å². The maximum atomic E-state index is 13.2. The van der Waals surface area contributed by atoms with E-state index in [2.05, 4.69) is 4.90 Å².